The minimum absolute atomic E-state index is 0.0135. The largest absolute Gasteiger partial charge is 0.492 e. The van der Waals surface area contributed by atoms with Crippen molar-refractivity contribution < 1.29 is 24.2 Å². The minimum atomic E-state index is -0.898. The molecule has 0 radical (unpaired) electrons. The number of rotatable bonds is 6. The van der Waals surface area contributed by atoms with E-state index in [2.05, 4.69) is 0 Å². The Kier molecular flexibility index (Phi) is 5.35. The summed E-state index contributed by atoms with van der Waals surface area (Å²) in [5.74, 6) is -0.375. The zero-order valence-electron chi connectivity index (χ0n) is 13.6. The number of fused-ring (bicyclic) bond motifs is 1. The quantitative estimate of drug-likeness (QED) is 0.858. The lowest BCUT2D eigenvalue weighted by molar-refractivity contribution is -0.141. The van der Waals surface area contributed by atoms with E-state index in [0.717, 1.165) is 24.2 Å². The molecule has 0 aromatic heterocycles. The second-order valence-corrected chi connectivity index (χ2v) is 6.38. The molecule has 6 nitrogen and oxygen atoms in total. The molecule has 0 bridgehead atoms. The third-order valence-electron chi connectivity index (χ3n) is 4.58. The van der Waals surface area contributed by atoms with Gasteiger partial charge in [-0.05, 0) is 30.9 Å². The summed E-state index contributed by atoms with van der Waals surface area (Å²) >= 11 is 0. The first-order chi connectivity index (χ1) is 11.6. The molecule has 1 fully saturated rings. The van der Waals surface area contributed by atoms with Gasteiger partial charge in [-0.2, -0.15) is 0 Å². The number of ether oxygens (including phenoxy) is 2. The van der Waals surface area contributed by atoms with Crippen molar-refractivity contribution in [3.8, 4) is 5.75 Å². The number of benzene rings is 1. The number of aliphatic carboxylic acids is 1. The predicted molar refractivity (Wildman–Crippen MR) is 86.9 cm³/mol. The molecular formula is C18H23NO5. The second-order valence-electron chi connectivity index (χ2n) is 6.38. The van der Waals surface area contributed by atoms with Gasteiger partial charge in [-0.1, -0.05) is 18.2 Å². The zero-order valence-corrected chi connectivity index (χ0v) is 13.6. The van der Waals surface area contributed by atoms with E-state index in [9.17, 15) is 9.59 Å². The number of nitrogens with zero attached hydrogens (tertiary/aromatic N) is 1. The van der Waals surface area contributed by atoms with Gasteiger partial charge in [0.25, 0.3) is 0 Å². The Balaban J connectivity index is 1.66. The Labute approximate surface area is 141 Å². The van der Waals surface area contributed by atoms with Gasteiger partial charge in [0.1, 0.15) is 12.4 Å². The van der Waals surface area contributed by atoms with Gasteiger partial charge < -0.3 is 19.5 Å². The van der Waals surface area contributed by atoms with Gasteiger partial charge in [-0.25, -0.2) is 0 Å². The Hall–Kier alpha value is -2.08. The summed E-state index contributed by atoms with van der Waals surface area (Å²) in [7, 11) is 0. The van der Waals surface area contributed by atoms with E-state index in [1.807, 2.05) is 24.3 Å². The van der Waals surface area contributed by atoms with Gasteiger partial charge in [0.05, 0.1) is 18.4 Å². The van der Waals surface area contributed by atoms with Crippen molar-refractivity contribution >= 4 is 11.9 Å². The summed E-state index contributed by atoms with van der Waals surface area (Å²) in [6.45, 7) is 1.73. The van der Waals surface area contributed by atoms with E-state index >= 15 is 0 Å². The lowest BCUT2D eigenvalue weighted by Crippen LogP contribution is -2.45. The summed E-state index contributed by atoms with van der Waals surface area (Å²) in [5.41, 5.74) is 1.03. The molecule has 1 N–H and O–H groups in total. The van der Waals surface area contributed by atoms with Crippen LogP contribution in [0.5, 0.6) is 5.75 Å². The number of hydrogen-bond acceptors (Lipinski definition) is 4. The minimum Gasteiger partial charge on any atom is -0.492 e. The van der Waals surface area contributed by atoms with Crippen molar-refractivity contribution in [3.63, 3.8) is 0 Å². The van der Waals surface area contributed by atoms with Crippen LogP contribution < -0.4 is 4.74 Å². The van der Waals surface area contributed by atoms with Gasteiger partial charge in [-0.3, -0.25) is 9.59 Å². The molecule has 1 amide bonds. The van der Waals surface area contributed by atoms with E-state index in [4.69, 9.17) is 14.6 Å². The van der Waals surface area contributed by atoms with Gasteiger partial charge in [-0.15, -0.1) is 0 Å². The zero-order chi connectivity index (χ0) is 16.9. The highest BCUT2D eigenvalue weighted by Crippen LogP contribution is 2.28. The molecule has 2 heterocycles. The fourth-order valence-electron chi connectivity index (χ4n) is 3.30. The average Bonchev–Trinajstić information content (AvgIpc) is 3.10. The average molecular weight is 333 g/mol. The molecule has 1 saturated heterocycles. The first-order valence-corrected chi connectivity index (χ1v) is 8.46. The van der Waals surface area contributed by atoms with Crippen LogP contribution in [0.1, 0.15) is 24.8 Å². The fourth-order valence-corrected chi connectivity index (χ4v) is 3.30. The Morgan fingerprint density at radius 3 is 2.88 bits per heavy atom. The summed E-state index contributed by atoms with van der Waals surface area (Å²) in [6, 6.07) is 7.72. The fraction of sp³-hybridized carbons (Fsp3) is 0.556. The molecule has 0 aliphatic carbocycles. The third-order valence-corrected chi connectivity index (χ3v) is 4.58. The van der Waals surface area contributed by atoms with Crippen molar-refractivity contribution in [2.24, 2.45) is 5.92 Å². The Bertz CT molecular complexity index is 597. The van der Waals surface area contributed by atoms with Crippen LogP contribution in [0, 0.1) is 5.92 Å². The van der Waals surface area contributed by atoms with Gasteiger partial charge in [0.2, 0.25) is 5.91 Å². The molecule has 3 rings (SSSR count). The maximum absolute atomic E-state index is 12.9. The van der Waals surface area contributed by atoms with Crippen LogP contribution in [0.15, 0.2) is 24.3 Å². The van der Waals surface area contributed by atoms with E-state index in [1.54, 1.807) is 4.90 Å². The highest BCUT2D eigenvalue weighted by Gasteiger charge is 2.31. The van der Waals surface area contributed by atoms with Crippen LogP contribution in [0.4, 0.5) is 0 Å². The van der Waals surface area contributed by atoms with E-state index in [1.165, 1.54) is 0 Å². The summed E-state index contributed by atoms with van der Waals surface area (Å²) in [4.78, 5) is 25.5. The lowest BCUT2D eigenvalue weighted by Gasteiger charge is -2.31. The number of hydrogen-bond donors (Lipinski definition) is 1. The van der Waals surface area contributed by atoms with Crippen LogP contribution in [-0.4, -0.2) is 54.3 Å². The predicted octanol–water partition coefficient (Wildman–Crippen LogP) is 1.72. The highest BCUT2D eigenvalue weighted by atomic mass is 16.5. The molecule has 2 aliphatic rings. The summed E-state index contributed by atoms with van der Waals surface area (Å²) < 4.78 is 11.3. The van der Waals surface area contributed by atoms with Crippen LogP contribution in [0.2, 0.25) is 0 Å². The normalized spacial score (nSPS) is 22.5. The topological polar surface area (TPSA) is 76.1 Å². The van der Waals surface area contributed by atoms with Crippen molar-refractivity contribution in [1.29, 1.82) is 0 Å². The van der Waals surface area contributed by atoms with Crippen LogP contribution in [0.3, 0.4) is 0 Å². The maximum Gasteiger partial charge on any atom is 0.305 e. The Morgan fingerprint density at radius 1 is 1.29 bits per heavy atom. The monoisotopic (exact) mass is 333 g/mol. The molecule has 24 heavy (non-hydrogen) atoms. The number of para-hydroxylation sites is 1. The van der Waals surface area contributed by atoms with Crippen LogP contribution >= 0.6 is 0 Å². The molecule has 1 aromatic carbocycles. The van der Waals surface area contributed by atoms with Crippen LogP contribution in [0.25, 0.3) is 0 Å². The van der Waals surface area contributed by atoms with Crippen LogP contribution in [-0.2, 0) is 20.7 Å². The first kappa shape index (κ1) is 16.8. The van der Waals surface area contributed by atoms with Gasteiger partial charge in [0.15, 0.2) is 0 Å². The van der Waals surface area contributed by atoms with E-state index < -0.39 is 5.97 Å². The van der Waals surface area contributed by atoms with Crippen molar-refractivity contribution in [2.75, 3.05) is 26.3 Å². The standard InChI is InChI=1S/C18H23NO5/c20-17(21)7-8-19(11-15-5-3-9-23-15)18(22)14-10-13-4-1-2-6-16(13)24-12-14/h1-2,4,6,14-15H,3,5,7-12H2,(H,20,21)/t14-,15-/m0/s1. The Morgan fingerprint density at radius 2 is 2.12 bits per heavy atom. The second kappa shape index (κ2) is 7.66. The van der Waals surface area contributed by atoms with Gasteiger partial charge in [0, 0.05) is 19.7 Å². The molecule has 0 saturated carbocycles. The molecule has 130 valence electrons. The van der Waals surface area contributed by atoms with Crippen molar-refractivity contribution in [1.82, 2.24) is 4.90 Å². The SMILES string of the molecule is O=C(O)CCN(C[C@@H]1CCCO1)C(=O)[C@@H]1COc2ccccc2C1. The molecular weight excluding hydrogens is 310 g/mol. The summed E-state index contributed by atoms with van der Waals surface area (Å²) in [6.07, 6.45) is 2.50. The van der Waals surface area contributed by atoms with Crippen molar-refractivity contribution in [3.05, 3.63) is 29.8 Å². The number of amides is 1. The number of carbonyl (C=O) groups excluding carboxylic acids is 1. The van der Waals surface area contributed by atoms with Gasteiger partial charge >= 0.3 is 5.97 Å². The smallest absolute Gasteiger partial charge is 0.305 e. The molecule has 1 aromatic rings. The highest BCUT2D eigenvalue weighted by molar-refractivity contribution is 5.80. The van der Waals surface area contributed by atoms with E-state index in [0.29, 0.717) is 26.2 Å². The number of carboxylic acids is 1. The summed E-state index contributed by atoms with van der Waals surface area (Å²) in [5, 5.41) is 8.95. The molecule has 2 atom stereocenters. The molecule has 0 spiro atoms. The van der Waals surface area contributed by atoms with Crippen molar-refractivity contribution in [2.45, 2.75) is 31.8 Å². The van der Waals surface area contributed by atoms with E-state index in [-0.39, 0.29) is 30.9 Å². The molecule has 0 unspecified atom stereocenters. The number of carboxylic acid groups (broad SMARTS) is 1. The third kappa shape index (κ3) is 4.06. The number of carbonyl (C=O) groups is 2. The molecule has 2 aliphatic heterocycles. The molecule has 6 heteroatoms. The lowest BCUT2D eigenvalue weighted by atomic mass is 9.95. The maximum atomic E-state index is 12.9. The first-order valence-electron chi connectivity index (χ1n) is 8.46.